The van der Waals surface area contributed by atoms with Crippen molar-refractivity contribution in [2.45, 2.75) is 44.9 Å². The van der Waals surface area contributed by atoms with Gasteiger partial charge in [-0.3, -0.25) is 14.9 Å². The summed E-state index contributed by atoms with van der Waals surface area (Å²) in [5, 5.41) is 2.20. The minimum atomic E-state index is -0.138. The fourth-order valence-corrected chi connectivity index (χ4v) is 2.37. The van der Waals surface area contributed by atoms with Gasteiger partial charge in [-0.2, -0.15) is 0 Å². The Morgan fingerprint density at radius 2 is 1.22 bits per heavy atom. The van der Waals surface area contributed by atoms with Gasteiger partial charge in [-0.25, -0.2) is 0 Å². The van der Waals surface area contributed by atoms with Crippen molar-refractivity contribution in [1.82, 2.24) is 5.32 Å². The van der Waals surface area contributed by atoms with Gasteiger partial charge in [0.2, 0.25) is 11.8 Å². The summed E-state index contributed by atoms with van der Waals surface area (Å²) in [4.78, 5) is 20.7. The third kappa shape index (κ3) is 3.69. The van der Waals surface area contributed by atoms with E-state index in [1.54, 1.807) is 11.1 Å². The number of fused-ring (bicyclic) bond motifs is 1. The van der Waals surface area contributed by atoms with Crippen LogP contribution in [-0.2, 0) is 22.4 Å². The van der Waals surface area contributed by atoms with E-state index in [1.165, 1.54) is 25.7 Å². The first-order chi connectivity index (χ1) is 8.75. The maximum Gasteiger partial charge on any atom is 0.226 e. The number of carbonyl (C=O) groups is 2. The number of imide groups is 1. The molecule has 18 heavy (non-hydrogen) atoms. The zero-order valence-corrected chi connectivity index (χ0v) is 10.6. The van der Waals surface area contributed by atoms with Crippen molar-refractivity contribution in [3.05, 3.63) is 35.4 Å². The number of nitrogens with one attached hydrogen (secondary N) is 1. The third-order valence-electron chi connectivity index (χ3n) is 3.35. The monoisotopic (exact) mass is 245 g/mol. The highest BCUT2D eigenvalue weighted by Crippen LogP contribution is 2.19. The molecule has 0 spiro atoms. The summed E-state index contributed by atoms with van der Waals surface area (Å²) >= 11 is 0. The van der Waals surface area contributed by atoms with Crippen LogP contribution in [0.3, 0.4) is 0 Å². The molecule has 0 radical (unpaired) electrons. The average molecular weight is 245 g/mol. The number of benzene rings is 1. The summed E-state index contributed by atoms with van der Waals surface area (Å²) in [5.74, 6) is -0.275. The van der Waals surface area contributed by atoms with E-state index in [0.29, 0.717) is 19.3 Å². The molecule has 1 saturated heterocycles. The largest absolute Gasteiger partial charge is 0.296 e. The summed E-state index contributed by atoms with van der Waals surface area (Å²) in [6.07, 6.45) is 7.10. The fraction of sp³-hybridized carbons (Fsp3) is 0.467. The first-order valence-corrected chi connectivity index (χ1v) is 6.65. The maximum atomic E-state index is 10.3. The number of carbonyl (C=O) groups excluding carboxylic acids is 2. The van der Waals surface area contributed by atoms with E-state index in [4.69, 9.17) is 0 Å². The van der Waals surface area contributed by atoms with E-state index in [0.717, 1.165) is 0 Å². The van der Waals surface area contributed by atoms with Crippen LogP contribution in [0.4, 0.5) is 0 Å². The Kier molecular flexibility index (Phi) is 4.51. The molecule has 1 N–H and O–H groups in total. The van der Waals surface area contributed by atoms with Gasteiger partial charge in [0, 0.05) is 12.8 Å². The highest BCUT2D eigenvalue weighted by Gasteiger charge is 2.13. The fourth-order valence-electron chi connectivity index (χ4n) is 2.37. The lowest BCUT2D eigenvalue weighted by Gasteiger charge is -2.13. The first-order valence-electron chi connectivity index (χ1n) is 6.65. The molecular weight excluding hydrogens is 226 g/mol. The van der Waals surface area contributed by atoms with Crippen LogP contribution in [0.1, 0.15) is 43.2 Å². The summed E-state index contributed by atoms with van der Waals surface area (Å²) in [6.45, 7) is 0. The van der Waals surface area contributed by atoms with Crippen LogP contribution in [-0.4, -0.2) is 11.8 Å². The Hall–Kier alpha value is -1.64. The summed E-state index contributed by atoms with van der Waals surface area (Å²) in [7, 11) is 0. The van der Waals surface area contributed by atoms with Gasteiger partial charge in [0.05, 0.1) is 0 Å². The van der Waals surface area contributed by atoms with Crippen molar-refractivity contribution in [2.24, 2.45) is 0 Å². The highest BCUT2D eigenvalue weighted by atomic mass is 16.2. The van der Waals surface area contributed by atoms with Crippen LogP contribution < -0.4 is 5.32 Å². The molecule has 0 unspecified atom stereocenters. The molecule has 0 atom stereocenters. The van der Waals surface area contributed by atoms with Crippen LogP contribution in [0.25, 0.3) is 0 Å². The van der Waals surface area contributed by atoms with Crippen LogP contribution in [0, 0.1) is 0 Å². The molecule has 2 aliphatic rings. The number of rotatable bonds is 0. The zero-order chi connectivity index (χ0) is 12.8. The highest BCUT2D eigenvalue weighted by molar-refractivity contribution is 5.97. The molecule has 0 saturated carbocycles. The van der Waals surface area contributed by atoms with Gasteiger partial charge in [0.15, 0.2) is 0 Å². The van der Waals surface area contributed by atoms with Crippen LogP contribution in [0.2, 0.25) is 0 Å². The average Bonchev–Trinajstić information content (AvgIpc) is 2.39. The third-order valence-corrected chi connectivity index (χ3v) is 3.35. The number of hydrogen-bond donors (Lipinski definition) is 1. The minimum Gasteiger partial charge on any atom is -0.296 e. The number of amides is 2. The van der Waals surface area contributed by atoms with Crippen LogP contribution in [0.5, 0.6) is 0 Å². The zero-order valence-electron chi connectivity index (χ0n) is 10.6. The van der Waals surface area contributed by atoms with Crippen molar-refractivity contribution in [1.29, 1.82) is 0 Å². The minimum absolute atomic E-state index is 0.138. The Bertz CT molecular complexity index is 401. The second-order valence-corrected chi connectivity index (χ2v) is 4.80. The normalized spacial score (nSPS) is 18.2. The van der Waals surface area contributed by atoms with E-state index in [1.807, 2.05) is 0 Å². The Labute approximate surface area is 108 Å². The van der Waals surface area contributed by atoms with Crippen molar-refractivity contribution < 1.29 is 9.59 Å². The molecule has 1 fully saturated rings. The lowest BCUT2D eigenvalue weighted by molar-refractivity contribution is -0.132. The van der Waals surface area contributed by atoms with Gasteiger partial charge < -0.3 is 0 Å². The molecule has 3 nitrogen and oxygen atoms in total. The number of hydrogen-bond acceptors (Lipinski definition) is 2. The second-order valence-electron chi connectivity index (χ2n) is 4.80. The molecule has 3 rings (SSSR count). The Morgan fingerprint density at radius 1 is 0.722 bits per heavy atom. The summed E-state index contributed by atoms with van der Waals surface area (Å²) < 4.78 is 0. The Morgan fingerprint density at radius 3 is 1.61 bits per heavy atom. The van der Waals surface area contributed by atoms with Gasteiger partial charge in [-0.05, 0) is 43.2 Å². The molecule has 0 bridgehead atoms. The molecule has 0 aromatic heterocycles. The molecule has 96 valence electrons. The summed E-state index contributed by atoms with van der Waals surface area (Å²) in [6, 6.07) is 8.80. The van der Waals surface area contributed by atoms with Gasteiger partial charge in [-0.1, -0.05) is 24.3 Å². The van der Waals surface area contributed by atoms with Gasteiger partial charge >= 0.3 is 0 Å². The smallest absolute Gasteiger partial charge is 0.226 e. The van der Waals surface area contributed by atoms with E-state index >= 15 is 0 Å². The lowest BCUT2D eigenvalue weighted by Crippen LogP contribution is -2.33. The topological polar surface area (TPSA) is 46.2 Å². The molecule has 1 aliphatic carbocycles. The molecule has 1 aromatic rings. The number of piperidine rings is 1. The van der Waals surface area contributed by atoms with Gasteiger partial charge in [-0.15, -0.1) is 0 Å². The van der Waals surface area contributed by atoms with Crippen LogP contribution in [0.15, 0.2) is 24.3 Å². The van der Waals surface area contributed by atoms with Crippen molar-refractivity contribution in [3.8, 4) is 0 Å². The van der Waals surface area contributed by atoms with Gasteiger partial charge in [0.1, 0.15) is 0 Å². The molecular formula is C15H19NO2. The molecule has 1 heterocycles. The second kappa shape index (κ2) is 6.34. The first kappa shape index (κ1) is 12.8. The standard InChI is InChI=1S/C10H12.C5H7NO2/c1-2-6-10-8-4-3-7-9(10)5-1;7-4-2-1-3-5(8)6-4/h1-2,5-6H,3-4,7-8H2;1-3H2,(H,6,7,8). The predicted octanol–water partition coefficient (Wildman–Crippen LogP) is 2.38. The Balaban J connectivity index is 0.000000138. The molecule has 2 amide bonds. The molecule has 1 aromatic carbocycles. The van der Waals surface area contributed by atoms with E-state index in [9.17, 15) is 9.59 Å². The molecule has 1 aliphatic heterocycles. The number of aryl methyl sites for hydroxylation is 2. The SMILES string of the molecule is O=C1CCCC(=O)N1.c1ccc2c(c1)CCCC2. The quantitative estimate of drug-likeness (QED) is 0.713. The summed E-state index contributed by atoms with van der Waals surface area (Å²) in [5.41, 5.74) is 3.16. The van der Waals surface area contributed by atoms with Crippen molar-refractivity contribution in [2.75, 3.05) is 0 Å². The predicted molar refractivity (Wildman–Crippen MR) is 70.1 cm³/mol. The lowest BCUT2D eigenvalue weighted by atomic mass is 9.92. The van der Waals surface area contributed by atoms with E-state index < -0.39 is 0 Å². The van der Waals surface area contributed by atoms with Gasteiger partial charge in [0.25, 0.3) is 0 Å². The van der Waals surface area contributed by atoms with E-state index in [-0.39, 0.29) is 11.8 Å². The van der Waals surface area contributed by atoms with Crippen molar-refractivity contribution >= 4 is 11.8 Å². The van der Waals surface area contributed by atoms with E-state index in [2.05, 4.69) is 29.6 Å². The van der Waals surface area contributed by atoms with Crippen LogP contribution >= 0.6 is 0 Å². The van der Waals surface area contributed by atoms with Crippen molar-refractivity contribution in [3.63, 3.8) is 0 Å². The maximum absolute atomic E-state index is 10.3. The molecule has 3 heteroatoms.